The maximum atomic E-state index is 11.2. The molecule has 1 aromatic rings. The average Bonchev–Trinajstić information content (AvgIpc) is 2.16. The summed E-state index contributed by atoms with van der Waals surface area (Å²) in [5, 5.41) is 0.702. The first kappa shape index (κ1) is 11.1. The summed E-state index contributed by atoms with van der Waals surface area (Å²) in [5.41, 5.74) is 0.979. The summed E-state index contributed by atoms with van der Waals surface area (Å²) in [6, 6.07) is 7.59. The van der Waals surface area contributed by atoms with Crippen LogP contribution in [0.4, 0.5) is 0 Å². The van der Waals surface area contributed by atoms with Crippen LogP contribution in [0.2, 0.25) is 5.02 Å². The fourth-order valence-corrected chi connectivity index (χ4v) is 1.59. The second kappa shape index (κ2) is 4.47. The lowest BCUT2D eigenvalue weighted by Gasteiger charge is -2.24. The summed E-state index contributed by atoms with van der Waals surface area (Å²) >= 11 is 6.03. The van der Waals surface area contributed by atoms with E-state index in [9.17, 15) is 4.79 Å². The largest absolute Gasteiger partial charge is 0.339 e. The third kappa shape index (κ3) is 2.26. The zero-order valence-electron chi connectivity index (χ0n) is 8.62. The molecule has 0 saturated carbocycles. The van der Waals surface area contributed by atoms with Crippen molar-refractivity contribution in [3.05, 3.63) is 34.9 Å². The van der Waals surface area contributed by atoms with Gasteiger partial charge in [-0.05, 0) is 18.6 Å². The first-order valence-electron chi connectivity index (χ1n) is 4.52. The molecule has 14 heavy (non-hydrogen) atoms. The molecule has 0 aromatic heterocycles. The molecule has 1 amide bonds. The van der Waals surface area contributed by atoms with Crippen molar-refractivity contribution in [1.29, 1.82) is 0 Å². The van der Waals surface area contributed by atoms with E-state index in [-0.39, 0.29) is 11.9 Å². The van der Waals surface area contributed by atoms with Crippen molar-refractivity contribution in [1.82, 2.24) is 4.90 Å². The zero-order chi connectivity index (χ0) is 10.7. The second-order valence-electron chi connectivity index (χ2n) is 3.33. The molecule has 0 aliphatic rings. The van der Waals surface area contributed by atoms with E-state index in [4.69, 9.17) is 11.6 Å². The Hall–Kier alpha value is -1.02. The molecular weight excluding hydrogens is 198 g/mol. The Bertz CT molecular complexity index is 338. The fourth-order valence-electron chi connectivity index (χ4n) is 1.30. The minimum atomic E-state index is 0.0150. The Morgan fingerprint density at radius 1 is 1.43 bits per heavy atom. The van der Waals surface area contributed by atoms with E-state index in [0.29, 0.717) is 5.02 Å². The van der Waals surface area contributed by atoms with Crippen LogP contribution >= 0.6 is 11.6 Å². The average molecular weight is 212 g/mol. The van der Waals surface area contributed by atoms with Gasteiger partial charge in [-0.3, -0.25) is 4.79 Å². The molecule has 2 nitrogen and oxygen atoms in total. The lowest BCUT2D eigenvalue weighted by atomic mass is 10.1. The van der Waals surface area contributed by atoms with Gasteiger partial charge in [0.05, 0.1) is 6.04 Å². The molecule has 76 valence electrons. The summed E-state index contributed by atoms with van der Waals surface area (Å²) in [6.45, 7) is 3.51. The van der Waals surface area contributed by atoms with E-state index >= 15 is 0 Å². The number of halogens is 1. The van der Waals surface area contributed by atoms with Crippen molar-refractivity contribution < 1.29 is 4.79 Å². The van der Waals surface area contributed by atoms with Gasteiger partial charge in [0, 0.05) is 19.0 Å². The van der Waals surface area contributed by atoms with Gasteiger partial charge in [-0.2, -0.15) is 0 Å². The van der Waals surface area contributed by atoms with Crippen LogP contribution in [-0.2, 0) is 4.79 Å². The van der Waals surface area contributed by atoms with Crippen LogP contribution in [0, 0.1) is 0 Å². The van der Waals surface area contributed by atoms with Crippen molar-refractivity contribution in [2.75, 3.05) is 7.05 Å². The molecule has 0 heterocycles. The molecule has 0 bridgehead atoms. The highest BCUT2D eigenvalue weighted by Gasteiger charge is 2.15. The van der Waals surface area contributed by atoms with Gasteiger partial charge in [0.2, 0.25) is 5.91 Å². The summed E-state index contributed by atoms with van der Waals surface area (Å²) in [6.07, 6.45) is 0. The summed E-state index contributed by atoms with van der Waals surface area (Å²) in [7, 11) is 1.77. The third-order valence-corrected chi connectivity index (χ3v) is 2.78. The normalized spacial score (nSPS) is 12.3. The predicted molar refractivity (Wildman–Crippen MR) is 58.3 cm³/mol. The molecule has 1 aromatic carbocycles. The quantitative estimate of drug-likeness (QED) is 0.737. The van der Waals surface area contributed by atoms with Crippen molar-refractivity contribution in [2.45, 2.75) is 19.9 Å². The molecule has 1 rings (SSSR count). The Kier molecular flexibility index (Phi) is 3.53. The number of carbonyl (C=O) groups is 1. The van der Waals surface area contributed by atoms with Gasteiger partial charge in [-0.1, -0.05) is 29.8 Å². The summed E-state index contributed by atoms with van der Waals surface area (Å²) in [4.78, 5) is 12.8. The fraction of sp³-hybridized carbons (Fsp3) is 0.364. The van der Waals surface area contributed by atoms with Crippen molar-refractivity contribution >= 4 is 17.5 Å². The van der Waals surface area contributed by atoms with E-state index in [1.807, 2.05) is 31.2 Å². The van der Waals surface area contributed by atoms with Crippen LogP contribution in [0.3, 0.4) is 0 Å². The minimum absolute atomic E-state index is 0.0150. The van der Waals surface area contributed by atoms with Crippen LogP contribution in [0.1, 0.15) is 25.5 Å². The zero-order valence-corrected chi connectivity index (χ0v) is 9.38. The van der Waals surface area contributed by atoms with Crippen molar-refractivity contribution in [2.24, 2.45) is 0 Å². The maximum absolute atomic E-state index is 11.2. The number of hydrogen-bond donors (Lipinski definition) is 0. The highest BCUT2D eigenvalue weighted by Crippen LogP contribution is 2.25. The van der Waals surface area contributed by atoms with Crippen LogP contribution < -0.4 is 0 Å². The topological polar surface area (TPSA) is 20.3 Å². The Labute approximate surface area is 89.5 Å². The van der Waals surface area contributed by atoms with Gasteiger partial charge in [0.25, 0.3) is 0 Å². The van der Waals surface area contributed by atoms with Crippen molar-refractivity contribution in [3.63, 3.8) is 0 Å². The number of rotatable bonds is 2. The van der Waals surface area contributed by atoms with E-state index in [1.165, 1.54) is 0 Å². The minimum Gasteiger partial charge on any atom is -0.339 e. The second-order valence-corrected chi connectivity index (χ2v) is 3.73. The molecule has 0 aliphatic carbocycles. The Morgan fingerprint density at radius 3 is 2.50 bits per heavy atom. The maximum Gasteiger partial charge on any atom is 0.219 e. The number of benzene rings is 1. The van der Waals surface area contributed by atoms with E-state index in [1.54, 1.807) is 18.9 Å². The third-order valence-electron chi connectivity index (χ3n) is 2.43. The van der Waals surface area contributed by atoms with Gasteiger partial charge in [-0.25, -0.2) is 0 Å². The van der Waals surface area contributed by atoms with E-state index < -0.39 is 0 Å². The van der Waals surface area contributed by atoms with Crippen LogP contribution in [0.15, 0.2) is 24.3 Å². The molecular formula is C11H14ClNO. The molecule has 0 spiro atoms. The standard InChI is InChI=1S/C11H14ClNO/c1-8(13(3)9(2)14)10-6-4-5-7-11(10)12/h4-8H,1-3H3. The molecule has 0 aliphatic heterocycles. The predicted octanol–water partition coefficient (Wildman–Crippen LogP) is 2.88. The molecule has 1 unspecified atom stereocenters. The lowest BCUT2D eigenvalue weighted by Crippen LogP contribution is -2.27. The number of hydrogen-bond acceptors (Lipinski definition) is 1. The first-order valence-corrected chi connectivity index (χ1v) is 4.89. The smallest absolute Gasteiger partial charge is 0.219 e. The molecule has 1 atom stereocenters. The SMILES string of the molecule is CC(=O)N(C)C(C)c1ccccc1Cl. The lowest BCUT2D eigenvalue weighted by molar-refractivity contribution is -0.129. The number of nitrogens with zero attached hydrogens (tertiary/aromatic N) is 1. The van der Waals surface area contributed by atoms with Gasteiger partial charge in [0.15, 0.2) is 0 Å². The number of amides is 1. The molecule has 0 fully saturated rings. The highest BCUT2D eigenvalue weighted by molar-refractivity contribution is 6.31. The summed E-state index contributed by atoms with van der Waals surface area (Å²) in [5.74, 6) is 0.0393. The van der Waals surface area contributed by atoms with Crippen molar-refractivity contribution in [3.8, 4) is 0 Å². The Balaban J connectivity index is 2.94. The monoisotopic (exact) mass is 211 g/mol. The highest BCUT2D eigenvalue weighted by atomic mass is 35.5. The van der Waals surface area contributed by atoms with Crippen LogP contribution in [-0.4, -0.2) is 17.9 Å². The molecule has 3 heteroatoms. The van der Waals surface area contributed by atoms with E-state index in [2.05, 4.69) is 0 Å². The molecule has 0 saturated heterocycles. The van der Waals surface area contributed by atoms with Crippen LogP contribution in [0.25, 0.3) is 0 Å². The van der Waals surface area contributed by atoms with Crippen LogP contribution in [0.5, 0.6) is 0 Å². The molecule has 0 N–H and O–H groups in total. The van der Waals surface area contributed by atoms with Gasteiger partial charge >= 0.3 is 0 Å². The first-order chi connectivity index (χ1) is 6.54. The summed E-state index contributed by atoms with van der Waals surface area (Å²) < 4.78 is 0. The van der Waals surface area contributed by atoms with E-state index in [0.717, 1.165) is 5.56 Å². The van der Waals surface area contributed by atoms with Gasteiger partial charge in [-0.15, -0.1) is 0 Å². The molecule has 0 radical (unpaired) electrons. The Morgan fingerprint density at radius 2 is 2.00 bits per heavy atom. The van der Waals surface area contributed by atoms with Gasteiger partial charge in [0.1, 0.15) is 0 Å². The van der Waals surface area contributed by atoms with Gasteiger partial charge < -0.3 is 4.90 Å². The number of carbonyl (C=O) groups excluding carboxylic acids is 1.